The second-order valence-corrected chi connectivity index (χ2v) is 9.20. The Morgan fingerprint density at radius 1 is 1.07 bits per heavy atom. The predicted octanol–water partition coefficient (Wildman–Crippen LogP) is 4.40. The molecular weight excluding hydrogens is 432 g/mol. The fourth-order valence-electron chi connectivity index (χ4n) is 2.48. The first kappa shape index (κ1) is 21.3. The van der Waals surface area contributed by atoms with Crippen LogP contribution < -0.4 is 10.0 Å². The van der Waals surface area contributed by atoms with Crippen LogP contribution in [0.4, 0.5) is 5.69 Å². The predicted molar refractivity (Wildman–Crippen MR) is 116 cm³/mol. The van der Waals surface area contributed by atoms with Gasteiger partial charge in [0.1, 0.15) is 5.76 Å². The van der Waals surface area contributed by atoms with Crippen molar-refractivity contribution in [2.45, 2.75) is 10.6 Å². The molecule has 0 bridgehead atoms. The summed E-state index contributed by atoms with van der Waals surface area (Å²) < 4.78 is 32.6. The maximum atomic E-state index is 12.5. The summed E-state index contributed by atoms with van der Waals surface area (Å²) in [5, 5.41) is 3.03. The lowest BCUT2D eigenvalue weighted by molar-refractivity contribution is 0.0956. The van der Waals surface area contributed by atoms with Gasteiger partial charge in [0.25, 0.3) is 15.9 Å². The third-order valence-electron chi connectivity index (χ3n) is 3.87. The zero-order chi connectivity index (χ0) is 20.7. The molecule has 2 aromatic carbocycles. The van der Waals surface area contributed by atoms with E-state index in [-0.39, 0.29) is 27.1 Å². The number of anilines is 1. The molecule has 1 aromatic heterocycles. The number of hydrogen-bond acceptors (Lipinski definition) is 5. The van der Waals surface area contributed by atoms with Gasteiger partial charge in [-0.2, -0.15) is 11.8 Å². The molecule has 0 radical (unpaired) electrons. The highest BCUT2D eigenvalue weighted by Gasteiger charge is 2.16. The highest BCUT2D eigenvalue weighted by molar-refractivity contribution is 7.98. The smallest absolute Gasteiger partial charge is 0.261 e. The molecule has 2 N–H and O–H groups in total. The lowest BCUT2D eigenvalue weighted by Gasteiger charge is -2.11. The van der Waals surface area contributed by atoms with Crippen LogP contribution in [0.2, 0.25) is 5.02 Å². The van der Waals surface area contributed by atoms with Crippen molar-refractivity contribution < 1.29 is 17.6 Å². The van der Waals surface area contributed by atoms with Gasteiger partial charge in [-0.15, -0.1) is 0 Å². The summed E-state index contributed by atoms with van der Waals surface area (Å²) in [6.07, 6.45) is 1.62. The first-order valence-corrected chi connectivity index (χ1v) is 11.7. The second kappa shape index (κ2) is 9.87. The molecule has 0 aliphatic rings. The van der Waals surface area contributed by atoms with E-state index in [0.29, 0.717) is 12.3 Å². The van der Waals surface area contributed by atoms with Crippen molar-refractivity contribution in [3.63, 3.8) is 0 Å². The summed E-state index contributed by atoms with van der Waals surface area (Å²) in [6.45, 7) is 0.445. The molecule has 0 aliphatic carbocycles. The zero-order valence-corrected chi connectivity index (χ0v) is 17.7. The van der Waals surface area contributed by atoms with Crippen LogP contribution in [0.15, 0.2) is 76.2 Å². The fraction of sp³-hybridized carbons (Fsp3) is 0.150. The summed E-state index contributed by atoms with van der Waals surface area (Å²) in [5.74, 6) is 1.93. The van der Waals surface area contributed by atoms with Gasteiger partial charge in [-0.1, -0.05) is 29.8 Å². The van der Waals surface area contributed by atoms with E-state index < -0.39 is 10.0 Å². The van der Waals surface area contributed by atoms with Gasteiger partial charge in [0.15, 0.2) is 0 Å². The first-order chi connectivity index (χ1) is 14.0. The second-order valence-electron chi connectivity index (χ2n) is 6.00. The third-order valence-corrected chi connectivity index (χ3v) is 6.58. The van der Waals surface area contributed by atoms with Crippen LogP contribution in [0.3, 0.4) is 0 Å². The van der Waals surface area contributed by atoms with Gasteiger partial charge in [-0.25, -0.2) is 8.42 Å². The summed E-state index contributed by atoms with van der Waals surface area (Å²) in [6, 6.07) is 16.2. The molecule has 0 unspecified atom stereocenters. The molecule has 0 atom stereocenters. The van der Waals surface area contributed by atoms with E-state index in [1.54, 1.807) is 36.2 Å². The largest absolute Gasteiger partial charge is 0.468 e. The molecule has 0 aliphatic heterocycles. The van der Waals surface area contributed by atoms with Crippen LogP contribution in [0.25, 0.3) is 0 Å². The minimum absolute atomic E-state index is 0.134. The van der Waals surface area contributed by atoms with Gasteiger partial charge in [0, 0.05) is 18.0 Å². The van der Waals surface area contributed by atoms with Crippen molar-refractivity contribution in [1.82, 2.24) is 5.32 Å². The summed E-state index contributed by atoms with van der Waals surface area (Å²) >= 11 is 7.76. The van der Waals surface area contributed by atoms with Crippen molar-refractivity contribution in [2.75, 3.05) is 17.0 Å². The standard InChI is InChI=1S/C20H19ClN2O4S2/c21-19-9-8-15(23-29(25,26)17-6-2-1-3-7-17)13-18(19)20(24)22-10-12-28-14-16-5-4-11-27-16/h1-9,11,13,23H,10,12,14H2,(H,22,24). The zero-order valence-electron chi connectivity index (χ0n) is 15.3. The van der Waals surface area contributed by atoms with E-state index in [1.807, 2.05) is 12.1 Å². The quantitative estimate of drug-likeness (QED) is 0.472. The molecule has 152 valence electrons. The fourth-order valence-corrected chi connectivity index (χ4v) is 4.51. The number of rotatable bonds is 9. The Morgan fingerprint density at radius 3 is 2.59 bits per heavy atom. The van der Waals surface area contributed by atoms with E-state index in [2.05, 4.69) is 10.0 Å². The van der Waals surface area contributed by atoms with E-state index in [4.69, 9.17) is 16.0 Å². The van der Waals surface area contributed by atoms with Gasteiger partial charge in [0.2, 0.25) is 0 Å². The van der Waals surface area contributed by atoms with Crippen molar-refractivity contribution in [1.29, 1.82) is 0 Å². The Labute approximate surface area is 178 Å². The molecule has 29 heavy (non-hydrogen) atoms. The van der Waals surface area contributed by atoms with E-state index in [1.165, 1.54) is 30.3 Å². The Hall–Kier alpha value is -2.42. The molecule has 3 rings (SSSR count). The van der Waals surface area contributed by atoms with E-state index in [0.717, 1.165) is 11.5 Å². The molecule has 1 heterocycles. The molecule has 0 saturated carbocycles. The molecule has 6 nitrogen and oxygen atoms in total. The topological polar surface area (TPSA) is 88.4 Å². The average Bonchev–Trinajstić information content (AvgIpc) is 3.23. The molecule has 1 amide bonds. The molecule has 9 heteroatoms. The van der Waals surface area contributed by atoms with Crippen LogP contribution in [0.1, 0.15) is 16.1 Å². The van der Waals surface area contributed by atoms with Crippen LogP contribution in [-0.2, 0) is 15.8 Å². The number of hydrogen-bond donors (Lipinski definition) is 2. The Morgan fingerprint density at radius 2 is 1.86 bits per heavy atom. The number of thioether (sulfide) groups is 1. The van der Waals surface area contributed by atoms with Crippen LogP contribution in [0.5, 0.6) is 0 Å². The molecule has 0 spiro atoms. The lowest BCUT2D eigenvalue weighted by Crippen LogP contribution is -2.26. The van der Waals surface area contributed by atoms with Gasteiger partial charge < -0.3 is 9.73 Å². The third kappa shape index (κ3) is 6.03. The van der Waals surface area contributed by atoms with Gasteiger partial charge in [0.05, 0.1) is 27.5 Å². The maximum absolute atomic E-state index is 12.5. The van der Waals surface area contributed by atoms with Gasteiger partial charge >= 0.3 is 0 Å². The molecule has 3 aromatic rings. The summed E-state index contributed by atoms with van der Waals surface area (Å²) in [5.41, 5.74) is 0.464. The van der Waals surface area contributed by atoms with Crippen molar-refractivity contribution in [3.8, 4) is 0 Å². The van der Waals surface area contributed by atoms with E-state index >= 15 is 0 Å². The number of carbonyl (C=O) groups is 1. The minimum atomic E-state index is -3.75. The maximum Gasteiger partial charge on any atom is 0.261 e. The summed E-state index contributed by atoms with van der Waals surface area (Å²) in [4.78, 5) is 12.6. The number of nitrogens with one attached hydrogen (secondary N) is 2. The van der Waals surface area contributed by atoms with Crippen molar-refractivity contribution >= 4 is 45.0 Å². The number of carbonyl (C=O) groups excluding carboxylic acids is 1. The monoisotopic (exact) mass is 450 g/mol. The number of benzene rings is 2. The van der Waals surface area contributed by atoms with Crippen molar-refractivity contribution in [2.24, 2.45) is 0 Å². The Kier molecular flexibility index (Phi) is 7.24. The Balaban J connectivity index is 1.58. The van der Waals surface area contributed by atoms with Crippen LogP contribution in [0, 0.1) is 0 Å². The number of halogens is 1. The van der Waals surface area contributed by atoms with Crippen LogP contribution in [-0.4, -0.2) is 26.6 Å². The molecule has 0 fully saturated rings. The minimum Gasteiger partial charge on any atom is -0.468 e. The number of furan rings is 1. The number of sulfonamides is 1. The van der Waals surface area contributed by atoms with Crippen LogP contribution >= 0.6 is 23.4 Å². The Bertz CT molecular complexity index is 1060. The van der Waals surface area contributed by atoms with E-state index in [9.17, 15) is 13.2 Å². The lowest BCUT2D eigenvalue weighted by atomic mass is 10.2. The van der Waals surface area contributed by atoms with Gasteiger partial charge in [-0.3, -0.25) is 9.52 Å². The molecular formula is C20H19ClN2O4S2. The molecule has 0 saturated heterocycles. The SMILES string of the molecule is O=C(NCCSCc1ccco1)c1cc(NS(=O)(=O)c2ccccc2)ccc1Cl. The normalized spacial score (nSPS) is 11.2. The first-order valence-electron chi connectivity index (χ1n) is 8.71. The highest BCUT2D eigenvalue weighted by atomic mass is 35.5. The average molecular weight is 451 g/mol. The number of amides is 1. The van der Waals surface area contributed by atoms with Gasteiger partial charge in [-0.05, 0) is 42.5 Å². The van der Waals surface area contributed by atoms with Crippen molar-refractivity contribution in [3.05, 3.63) is 83.3 Å². The highest BCUT2D eigenvalue weighted by Crippen LogP contribution is 2.23. The summed E-state index contributed by atoms with van der Waals surface area (Å²) in [7, 11) is -3.75.